The van der Waals surface area contributed by atoms with Gasteiger partial charge in [0.05, 0.1) is 17.9 Å². The van der Waals surface area contributed by atoms with Crippen molar-refractivity contribution >= 4 is 16.9 Å². The van der Waals surface area contributed by atoms with E-state index in [-0.39, 0.29) is 11.7 Å². The van der Waals surface area contributed by atoms with E-state index < -0.39 is 5.97 Å². The van der Waals surface area contributed by atoms with E-state index in [2.05, 4.69) is 0 Å². The quantitative estimate of drug-likeness (QED) is 0.863. The summed E-state index contributed by atoms with van der Waals surface area (Å²) in [6, 6.07) is 4.85. The highest BCUT2D eigenvalue weighted by Gasteiger charge is 2.13. The van der Waals surface area contributed by atoms with E-state index in [9.17, 15) is 4.79 Å². The SMILES string of the molecule is CC(C)Oc1cc(C(=O)O)c2ccoc2c1. The third-order valence-corrected chi connectivity index (χ3v) is 2.15. The lowest BCUT2D eigenvalue weighted by atomic mass is 10.1. The van der Waals surface area contributed by atoms with E-state index in [1.165, 1.54) is 12.3 Å². The Balaban J connectivity index is 2.57. The first-order chi connectivity index (χ1) is 7.58. The first kappa shape index (κ1) is 10.5. The molecule has 0 aliphatic rings. The van der Waals surface area contributed by atoms with E-state index in [1.807, 2.05) is 13.8 Å². The van der Waals surface area contributed by atoms with Crippen molar-refractivity contribution in [1.82, 2.24) is 0 Å². The predicted molar refractivity (Wildman–Crippen MR) is 58.9 cm³/mol. The fraction of sp³-hybridized carbons (Fsp3) is 0.250. The lowest BCUT2D eigenvalue weighted by Gasteiger charge is -2.10. The van der Waals surface area contributed by atoms with Gasteiger partial charge in [-0.3, -0.25) is 0 Å². The van der Waals surface area contributed by atoms with Crippen molar-refractivity contribution in [2.75, 3.05) is 0 Å². The minimum Gasteiger partial charge on any atom is -0.491 e. The second-order valence-electron chi connectivity index (χ2n) is 3.78. The molecule has 0 atom stereocenters. The lowest BCUT2D eigenvalue weighted by Crippen LogP contribution is -2.06. The van der Waals surface area contributed by atoms with Gasteiger partial charge in [0.1, 0.15) is 11.3 Å². The van der Waals surface area contributed by atoms with Crippen molar-refractivity contribution in [1.29, 1.82) is 0 Å². The molecule has 0 bridgehead atoms. The minimum atomic E-state index is -0.986. The zero-order chi connectivity index (χ0) is 11.7. The van der Waals surface area contributed by atoms with E-state index >= 15 is 0 Å². The fourth-order valence-electron chi connectivity index (χ4n) is 1.56. The summed E-state index contributed by atoms with van der Waals surface area (Å²) >= 11 is 0. The summed E-state index contributed by atoms with van der Waals surface area (Å²) in [6.07, 6.45) is 1.46. The zero-order valence-corrected chi connectivity index (χ0v) is 9.06. The molecule has 0 fully saturated rings. The number of aromatic carboxylic acids is 1. The van der Waals surface area contributed by atoms with Gasteiger partial charge >= 0.3 is 5.97 Å². The molecule has 4 heteroatoms. The Hall–Kier alpha value is -1.97. The van der Waals surface area contributed by atoms with Crippen molar-refractivity contribution in [3.8, 4) is 5.75 Å². The van der Waals surface area contributed by atoms with Crippen LogP contribution in [0.15, 0.2) is 28.9 Å². The van der Waals surface area contributed by atoms with Gasteiger partial charge < -0.3 is 14.3 Å². The van der Waals surface area contributed by atoms with Gasteiger partial charge in [-0.05, 0) is 26.0 Å². The summed E-state index contributed by atoms with van der Waals surface area (Å²) in [5.74, 6) is -0.476. The van der Waals surface area contributed by atoms with Crippen molar-refractivity contribution in [3.63, 3.8) is 0 Å². The van der Waals surface area contributed by atoms with E-state index in [1.54, 1.807) is 12.1 Å². The average Bonchev–Trinajstić information content (AvgIpc) is 2.62. The van der Waals surface area contributed by atoms with Gasteiger partial charge in [0, 0.05) is 11.5 Å². The molecule has 16 heavy (non-hydrogen) atoms. The molecule has 1 aromatic heterocycles. The van der Waals surface area contributed by atoms with E-state index in [0.717, 1.165) is 0 Å². The van der Waals surface area contributed by atoms with Gasteiger partial charge in [-0.2, -0.15) is 0 Å². The number of furan rings is 1. The normalized spacial score (nSPS) is 10.9. The molecular weight excluding hydrogens is 208 g/mol. The Bertz CT molecular complexity index is 525. The molecular formula is C12H12O4. The third kappa shape index (κ3) is 1.86. The predicted octanol–water partition coefficient (Wildman–Crippen LogP) is 2.92. The zero-order valence-electron chi connectivity index (χ0n) is 9.06. The Kier molecular flexibility index (Phi) is 2.56. The van der Waals surface area contributed by atoms with Crippen LogP contribution in [0.3, 0.4) is 0 Å². The standard InChI is InChI=1S/C12H12O4/c1-7(2)16-8-5-10(12(13)14)9-3-4-15-11(9)6-8/h3-7H,1-2H3,(H,13,14). The van der Waals surface area contributed by atoms with Gasteiger partial charge in [0.2, 0.25) is 0 Å². The average molecular weight is 220 g/mol. The Morgan fingerprint density at radius 2 is 2.19 bits per heavy atom. The highest BCUT2D eigenvalue weighted by Crippen LogP contribution is 2.27. The smallest absolute Gasteiger partial charge is 0.336 e. The number of fused-ring (bicyclic) bond motifs is 1. The number of carbonyl (C=O) groups is 1. The molecule has 0 aliphatic carbocycles. The lowest BCUT2D eigenvalue weighted by molar-refractivity contribution is 0.0698. The van der Waals surface area contributed by atoms with Gasteiger partial charge in [0.25, 0.3) is 0 Å². The van der Waals surface area contributed by atoms with Crippen LogP contribution in [-0.4, -0.2) is 17.2 Å². The van der Waals surface area contributed by atoms with Crippen LogP contribution >= 0.6 is 0 Å². The van der Waals surface area contributed by atoms with Crippen molar-refractivity contribution in [2.24, 2.45) is 0 Å². The maximum absolute atomic E-state index is 11.1. The van der Waals surface area contributed by atoms with Gasteiger partial charge in [-0.25, -0.2) is 4.79 Å². The van der Waals surface area contributed by atoms with Crippen LogP contribution < -0.4 is 4.74 Å². The topological polar surface area (TPSA) is 59.7 Å². The third-order valence-electron chi connectivity index (χ3n) is 2.15. The van der Waals surface area contributed by atoms with Crippen molar-refractivity contribution in [2.45, 2.75) is 20.0 Å². The van der Waals surface area contributed by atoms with Gasteiger partial charge in [-0.15, -0.1) is 0 Å². The first-order valence-corrected chi connectivity index (χ1v) is 4.99. The first-order valence-electron chi connectivity index (χ1n) is 4.99. The molecule has 0 radical (unpaired) electrons. The number of carboxylic acid groups (broad SMARTS) is 1. The minimum absolute atomic E-state index is 0.00550. The van der Waals surface area contributed by atoms with Crippen molar-refractivity contribution < 1.29 is 19.1 Å². The summed E-state index contributed by atoms with van der Waals surface area (Å²) in [5.41, 5.74) is 0.720. The van der Waals surface area contributed by atoms with Crippen LogP contribution in [0.1, 0.15) is 24.2 Å². The second kappa shape index (κ2) is 3.89. The number of rotatable bonds is 3. The molecule has 0 amide bonds. The number of hydrogen-bond acceptors (Lipinski definition) is 3. The molecule has 1 heterocycles. The van der Waals surface area contributed by atoms with Crippen LogP contribution in [0.25, 0.3) is 11.0 Å². The maximum Gasteiger partial charge on any atom is 0.336 e. The summed E-state index contributed by atoms with van der Waals surface area (Å²) in [4.78, 5) is 11.1. The summed E-state index contributed by atoms with van der Waals surface area (Å²) in [6.45, 7) is 3.76. The highest BCUT2D eigenvalue weighted by atomic mass is 16.5. The van der Waals surface area contributed by atoms with Crippen LogP contribution in [0, 0.1) is 0 Å². The van der Waals surface area contributed by atoms with E-state index in [0.29, 0.717) is 16.7 Å². The Morgan fingerprint density at radius 3 is 2.81 bits per heavy atom. The number of ether oxygens (including phenoxy) is 1. The molecule has 1 aromatic carbocycles. The molecule has 84 valence electrons. The van der Waals surface area contributed by atoms with Gasteiger partial charge in [-0.1, -0.05) is 0 Å². The monoisotopic (exact) mass is 220 g/mol. The van der Waals surface area contributed by atoms with Crippen LogP contribution in [0.2, 0.25) is 0 Å². The molecule has 1 N–H and O–H groups in total. The summed E-state index contributed by atoms with van der Waals surface area (Å²) < 4.78 is 10.6. The molecule has 0 unspecified atom stereocenters. The molecule has 4 nitrogen and oxygen atoms in total. The van der Waals surface area contributed by atoms with Gasteiger partial charge in [0.15, 0.2) is 0 Å². The number of benzene rings is 1. The Morgan fingerprint density at radius 1 is 1.44 bits per heavy atom. The number of carboxylic acids is 1. The highest BCUT2D eigenvalue weighted by molar-refractivity contribution is 6.02. The van der Waals surface area contributed by atoms with Crippen LogP contribution in [0.4, 0.5) is 0 Å². The molecule has 2 aromatic rings. The Labute approximate surface area is 92.4 Å². The van der Waals surface area contributed by atoms with Crippen LogP contribution in [0.5, 0.6) is 5.75 Å². The molecule has 2 rings (SSSR count). The molecule has 0 spiro atoms. The molecule has 0 saturated heterocycles. The van der Waals surface area contributed by atoms with E-state index in [4.69, 9.17) is 14.3 Å². The second-order valence-corrected chi connectivity index (χ2v) is 3.78. The maximum atomic E-state index is 11.1. The van der Waals surface area contributed by atoms with Crippen LogP contribution in [-0.2, 0) is 0 Å². The molecule has 0 aliphatic heterocycles. The molecule has 0 saturated carbocycles. The number of hydrogen-bond donors (Lipinski definition) is 1. The largest absolute Gasteiger partial charge is 0.491 e. The summed E-state index contributed by atoms with van der Waals surface area (Å²) in [7, 11) is 0. The fourth-order valence-corrected chi connectivity index (χ4v) is 1.56. The summed E-state index contributed by atoms with van der Waals surface area (Å²) in [5, 5.41) is 9.65. The van der Waals surface area contributed by atoms with Crippen molar-refractivity contribution in [3.05, 3.63) is 30.0 Å².